The van der Waals surface area contributed by atoms with Crippen molar-refractivity contribution in [2.75, 3.05) is 25.1 Å². The molecule has 1 aromatic rings. The summed E-state index contributed by atoms with van der Waals surface area (Å²) < 4.78 is 5.37. The number of hydrogen-bond acceptors (Lipinski definition) is 3. The molecule has 0 aromatic carbocycles. The third-order valence-electron chi connectivity index (χ3n) is 2.85. The molecule has 100 valence electrons. The molecule has 0 aliphatic carbocycles. The molecule has 3 N–H and O–H groups in total. The molecule has 0 radical (unpaired) electrons. The molecule has 1 aliphatic heterocycles. The van der Waals surface area contributed by atoms with Crippen LogP contribution in [0.5, 0.6) is 0 Å². The molecule has 1 saturated heterocycles. The van der Waals surface area contributed by atoms with Gasteiger partial charge >= 0.3 is 0 Å². The van der Waals surface area contributed by atoms with Crippen LogP contribution in [0.3, 0.4) is 0 Å². The van der Waals surface area contributed by atoms with Gasteiger partial charge in [-0.3, -0.25) is 4.99 Å². The van der Waals surface area contributed by atoms with Crippen LogP contribution in [0.25, 0.3) is 0 Å². The van der Waals surface area contributed by atoms with E-state index in [0.717, 1.165) is 19.6 Å². The Labute approximate surface area is 124 Å². The molecular weight excluding hydrogens is 343 g/mol. The summed E-state index contributed by atoms with van der Waals surface area (Å²) in [6.45, 7) is 4.42. The fourth-order valence-electron chi connectivity index (χ4n) is 1.72. The van der Waals surface area contributed by atoms with Crippen LogP contribution >= 0.6 is 24.0 Å². The van der Waals surface area contributed by atoms with Crippen molar-refractivity contribution in [2.24, 2.45) is 16.1 Å². The van der Waals surface area contributed by atoms with Crippen molar-refractivity contribution in [1.82, 2.24) is 4.98 Å². The molecule has 0 spiro atoms. The normalized spacial score (nSPS) is 23.5. The molecule has 1 unspecified atom stereocenters. The lowest BCUT2D eigenvalue weighted by Crippen LogP contribution is -2.27. The van der Waals surface area contributed by atoms with Gasteiger partial charge in [-0.05, 0) is 18.6 Å². The standard InChI is InChI=1S/C12H18N4O.HI/c1-12(5-7-17-9-12)8-15-11(13)16-10-4-2-3-6-14-10;/h2-4,6H,5,7-9H2,1H3,(H3,13,14,15,16);1H. The Morgan fingerprint density at radius 2 is 2.44 bits per heavy atom. The number of ether oxygens (including phenoxy) is 1. The zero-order valence-electron chi connectivity index (χ0n) is 10.4. The second kappa shape index (κ2) is 6.89. The van der Waals surface area contributed by atoms with E-state index in [0.29, 0.717) is 18.3 Å². The summed E-state index contributed by atoms with van der Waals surface area (Å²) in [5.74, 6) is 1.11. The highest BCUT2D eigenvalue weighted by atomic mass is 127. The van der Waals surface area contributed by atoms with Gasteiger partial charge in [0, 0.05) is 18.2 Å². The summed E-state index contributed by atoms with van der Waals surface area (Å²) in [4.78, 5) is 8.46. The minimum absolute atomic E-state index is 0. The predicted molar refractivity (Wildman–Crippen MR) is 83.3 cm³/mol. The number of nitrogens with zero attached hydrogens (tertiary/aromatic N) is 2. The zero-order chi connectivity index (χ0) is 12.1. The first kappa shape index (κ1) is 15.2. The number of pyridine rings is 1. The summed E-state index contributed by atoms with van der Waals surface area (Å²) in [5, 5.41) is 2.96. The number of halogens is 1. The second-order valence-electron chi connectivity index (χ2n) is 4.65. The molecule has 0 saturated carbocycles. The van der Waals surface area contributed by atoms with E-state index in [9.17, 15) is 0 Å². The van der Waals surface area contributed by atoms with Gasteiger partial charge in [-0.1, -0.05) is 13.0 Å². The number of guanidine groups is 1. The first-order chi connectivity index (χ1) is 8.18. The molecule has 0 bridgehead atoms. The molecule has 6 heteroatoms. The number of aliphatic imine (C=N–C) groups is 1. The summed E-state index contributed by atoms with van der Waals surface area (Å²) in [6, 6.07) is 5.60. The van der Waals surface area contributed by atoms with Gasteiger partial charge in [-0.25, -0.2) is 4.98 Å². The first-order valence-corrected chi connectivity index (χ1v) is 5.74. The van der Waals surface area contributed by atoms with Crippen LogP contribution in [0.1, 0.15) is 13.3 Å². The van der Waals surface area contributed by atoms with Gasteiger partial charge in [0.1, 0.15) is 5.82 Å². The van der Waals surface area contributed by atoms with Gasteiger partial charge in [0.15, 0.2) is 5.96 Å². The molecule has 5 nitrogen and oxygen atoms in total. The number of aromatic nitrogens is 1. The van der Waals surface area contributed by atoms with Crippen LogP contribution in [0.15, 0.2) is 29.4 Å². The van der Waals surface area contributed by atoms with Crippen LogP contribution in [0.4, 0.5) is 5.82 Å². The lowest BCUT2D eigenvalue weighted by molar-refractivity contribution is 0.163. The van der Waals surface area contributed by atoms with Crippen LogP contribution in [0.2, 0.25) is 0 Å². The number of anilines is 1. The Morgan fingerprint density at radius 1 is 1.61 bits per heavy atom. The SMILES string of the molecule is CC1(CN=C(N)Nc2ccccn2)CCOC1.I. The fourth-order valence-corrected chi connectivity index (χ4v) is 1.72. The van der Waals surface area contributed by atoms with Crippen molar-refractivity contribution < 1.29 is 4.74 Å². The number of hydrogen-bond donors (Lipinski definition) is 2. The maximum atomic E-state index is 5.80. The average molecular weight is 362 g/mol. The zero-order valence-corrected chi connectivity index (χ0v) is 12.8. The molecule has 1 fully saturated rings. The molecular formula is C12H19IN4O. The van der Waals surface area contributed by atoms with E-state index in [1.54, 1.807) is 6.20 Å². The Kier molecular flexibility index (Phi) is 5.80. The Balaban J connectivity index is 0.00000162. The van der Waals surface area contributed by atoms with Crippen molar-refractivity contribution in [3.8, 4) is 0 Å². The topological polar surface area (TPSA) is 72.5 Å². The maximum Gasteiger partial charge on any atom is 0.194 e. The highest BCUT2D eigenvalue weighted by Crippen LogP contribution is 2.27. The number of nitrogens with one attached hydrogen (secondary N) is 1. The van der Waals surface area contributed by atoms with E-state index >= 15 is 0 Å². The summed E-state index contributed by atoms with van der Waals surface area (Å²) >= 11 is 0. The van der Waals surface area contributed by atoms with Crippen LogP contribution in [-0.4, -0.2) is 30.7 Å². The van der Waals surface area contributed by atoms with Gasteiger partial charge < -0.3 is 15.8 Å². The first-order valence-electron chi connectivity index (χ1n) is 5.74. The molecule has 18 heavy (non-hydrogen) atoms. The third kappa shape index (κ3) is 4.41. The molecule has 1 atom stereocenters. The number of rotatable bonds is 3. The van der Waals surface area contributed by atoms with Crippen LogP contribution in [-0.2, 0) is 4.74 Å². The van der Waals surface area contributed by atoms with Gasteiger partial charge in [0.05, 0.1) is 13.2 Å². The van der Waals surface area contributed by atoms with E-state index in [-0.39, 0.29) is 29.4 Å². The quantitative estimate of drug-likeness (QED) is 0.489. The van der Waals surface area contributed by atoms with E-state index in [2.05, 4.69) is 22.2 Å². The minimum atomic E-state index is 0. The molecule has 2 rings (SSSR count). The van der Waals surface area contributed by atoms with Crippen molar-refractivity contribution in [3.05, 3.63) is 24.4 Å². The van der Waals surface area contributed by atoms with Gasteiger partial charge in [-0.15, -0.1) is 24.0 Å². The van der Waals surface area contributed by atoms with Crippen molar-refractivity contribution in [2.45, 2.75) is 13.3 Å². The highest BCUT2D eigenvalue weighted by Gasteiger charge is 2.29. The van der Waals surface area contributed by atoms with Gasteiger partial charge in [0.2, 0.25) is 0 Å². The van der Waals surface area contributed by atoms with Crippen LogP contribution < -0.4 is 11.1 Å². The molecule has 1 aliphatic rings. The van der Waals surface area contributed by atoms with Crippen LogP contribution in [0, 0.1) is 5.41 Å². The van der Waals surface area contributed by atoms with Crippen molar-refractivity contribution >= 4 is 35.8 Å². The van der Waals surface area contributed by atoms with Crippen molar-refractivity contribution in [1.29, 1.82) is 0 Å². The molecule has 1 aromatic heterocycles. The Bertz CT molecular complexity index is 390. The third-order valence-corrected chi connectivity index (χ3v) is 2.85. The summed E-state index contributed by atoms with van der Waals surface area (Å²) in [5.41, 5.74) is 5.92. The summed E-state index contributed by atoms with van der Waals surface area (Å²) in [6.07, 6.45) is 2.75. The van der Waals surface area contributed by atoms with Crippen molar-refractivity contribution in [3.63, 3.8) is 0 Å². The highest BCUT2D eigenvalue weighted by molar-refractivity contribution is 14.0. The summed E-state index contributed by atoms with van der Waals surface area (Å²) in [7, 11) is 0. The fraction of sp³-hybridized carbons (Fsp3) is 0.500. The largest absolute Gasteiger partial charge is 0.381 e. The monoisotopic (exact) mass is 362 g/mol. The van der Waals surface area contributed by atoms with Gasteiger partial charge in [0.25, 0.3) is 0 Å². The number of nitrogens with two attached hydrogens (primary N) is 1. The Hall–Kier alpha value is -0.890. The lowest BCUT2D eigenvalue weighted by Gasteiger charge is -2.18. The predicted octanol–water partition coefficient (Wildman–Crippen LogP) is 1.85. The van der Waals surface area contributed by atoms with E-state index in [4.69, 9.17) is 10.5 Å². The average Bonchev–Trinajstić information content (AvgIpc) is 2.76. The lowest BCUT2D eigenvalue weighted by atomic mass is 9.90. The minimum Gasteiger partial charge on any atom is -0.381 e. The molecule has 2 heterocycles. The second-order valence-corrected chi connectivity index (χ2v) is 4.65. The van der Waals surface area contributed by atoms with E-state index < -0.39 is 0 Å². The Morgan fingerprint density at radius 3 is 3.06 bits per heavy atom. The van der Waals surface area contributed by atoms with E-state index in [1.165, 1.54) is 0 Å². The maximum absolute atomic E-state index is 5.80. The smallest absolute Gasteiger partial charge is 0.194 e. The van der Waals surface area contributed by atoms with E-state index in [1.807, 2.05) is 18.2 Å². The van der Waals surface area contributed by atoms with Gasteiger partial charge in [-0.2, -0.15) is 0 Å². The molecule has 0 amide bonds.